The average molecular weight is 389 g/mol. The fourth-order valence-electron chi connectivity index (χ4n) is 3.99. The van der Waals surface area contributed by atoms with Gasteiger partial charge < -0.3 is 9.64 Å². The Morgan fingerprint density at radius 3 is 2.54 bits per heavy atom. The third-order valence-electron chi connectivity index (χ3n) is 5.87. The summed E-state index contributed by atoms with van der Waals surface area (Å²) in [5.74, 6) is -4.91. The number of carbonyl (C=O) groups excluding carboxylic acids is 1. The maximum absolute atomic E-state index is 15.2. The molecule has 2 aliphatic heterocycles. The molecule has 6 heteroatoms. The lowest BCUT2D eigenvalue weighted by molar-refractivity contribution is -0.158. The fourth-order valence-corrected chi connectivity index (χ4v) is 3.99. The molecule has 0 aliphatic carbocycles. The molecule has 0 saturated carbocycles. The minimum absolute atomic E-state index is 0.0434. The Kier molecular flexibility index (Phi) is 4.91. The van der Waals surface area contributed by atoms with E-state index in [0.29, 0.717) is 24.2 Å². The van der Waals surface area contributed by atoms with Gasteiger partial charge in [0.2, 0.25) is 0 Å². The van der Waals surface area contributed by atoms with E-state index in [1.54, 1.807) is 30.3 Å². The number of hydrogen-bond donors (Lipinski definition) is 0. The Bertz CT molecular complexity index is 867. The summed E-state index contributed by atoms with van der Waals surface area (Å²) in [6, 6.07) is 13.3. The van der Waals surface area contributed by atoms with Crippen molar-refractivity contribution >= 4 is 5.91 Å². The molecule has 0 bridgehead atoms. The fraction of sp³-hybridized carbons (Fsp3) is 0.409. The molecule has 1 unspecified atom stereocenters. The van der Waals surface area contributed by atoms with Crippen LogP contribution in [-0.4, -0.2) is 42.0 Å². The zero-order valence-corrected chi connectivity index (χ0v) is 15.6. The van der Waals surface area contributed by atoms with Gasteiger partial charge in [0.15, 0.2) is 0 Å². The van der Waals surface area contributed by atoms with Crippen molar-refractivity contribution in [3.8, 4) is 11.1 Å². The summed E-state index contributed by atoms with van der Waals surface area (Å²) in [7, 11) is 0. The zero-order valence-electron chi connectivity index (χ0n) is 15.6. The first kappa shape index (κ1) is 19.0. The van der Waals surface area contributed by atoms with E-state index < -0.39 is 42.3 Å². The van der Waals surface area contributed by atoms with Crippen LogP contribution in [0.25, 0.3) is 11.1 Å². The molecular formula is C22H22F3NO2. The van der Waals surface area contributed by atoms with Crippen molar-refractivity contribution in [2.24, 2.45) is 5.92 Å². The van der Waals surface area contributed by atoms with Crippen LogP contribution in [0, 0.1) is 11.7 Å². The molecule has 2 aliphatic rings. The molecule has 28 heavy (non-hydrogen) atoms. The smallest absolute Gasteiger partial charge is 0.269 e. The highest BCUT2D eigenvalue weighted by Gasteiger charge is 2.54. The summed E-state index contributed by atoms with van der Waals surface area (Å²) >= 11 is 0. The Morgan fingerprint density at radius 1 is 1.18 bits per heavy atom. The SMILES string of the molecule is C[C@@H]1[C@H](Cc2cccc(-c3ccccc3)c2F)N(C(=O)C2CCO2)CC1(F)F. The van der Waals surface area contributed by atoms with Crippen LogP contribution in [0.15, 0.2) is 48.5 Å². The van der Waals surface area contributed by atoms with Crippen molar-refractivity contribution in [1.82, 2.24) is 4.90 Å². The molecule has 2 saturated heterocycles. The number of hydrogen-bond acceptors (Lipinski definition) is 2. The molecule has 0 N–H and O–H groups in total. The first-order valence-electron chi connectivity index (χ1n) is 9.51. The Hall–Kier alpha value is -2.34. The van der Waals surface area contributed by atoms with Crippen molar-refractivity contribution in [2.75, 3.05) is 13.2 Å². The van der Waals surface area contributed by atoms with Gasteiger partial charge in [-0.05, 0) is 17.5 Å². The number of ether oxygens (including phenoxy) is 1. The van der Waals surface area contributed by atoms with Crippen LogP contribution in [0.3, 0.4) is 0 Å². The minimum atomic E-state index is -3.00. The number of nitrogens with zero attached hydrogens (tertiary/aromatic N) is 1. The first-order chi connectivity index (χ1) is 13.4. The molecule has 3 nitrogen and oxygen atoms in total. The van der Waals surface area contributed by atoms with Gasteiger partial charge in [0.05, 0.1) is 13.2 Å². The van der Waals surface area contributed by atoms with Gasteiger partial charge in [-0.2, -0.15) is 0 Å². The monoisotopic (exact) mass is 389 g/mol. The lowest BCUT2D eigenvalue weighted by atomic mass is 9.91. The van der Waals surface area contributed by atoms with E-state index in [2.05, 4.69) is 0 Å². The van der Waals surface area contributed by atoms with E-state index in [0.717, 1.165) is 5.56 Å². The Morgan fingerprint density at radius 2 is 1.89 bits per heavy atom. The molecular weight excluding hydrogens is 367 g/mol. The molecule has 3 atom stereocenters. The van der Waals surface area contributed by atoms with Crippen LogP contribution in [0.2, 0.25) is 0 Å². The molecule has 0 aromatic heterocycles. The van der Waals surface area contributed by atoms with E-state index in [1.165, 1.54) is 11.8 Å². The normalized spacial score (nSPS) is 26.1. The number of amides is 1. The topological polar surface area (TPSA) is 29.5 Å². The summed E-state index contributed by atoms with van der Waals surface area (Å²) in [6.07, 6.45) is -0.0641. The van der Waals surface area contributed by atoms with Gasteiger partial charge in [-0.25, -0.2) is 13.2 Å². The van der Waals surface area contributed by atoms with Crippen LogP contribution >= 0.6 is 0 Å². The second kappa shape index (κ2) is 7.24. The highest BCUT2D eigenvalue weighted by Crippen LogP contribution is 2.40. The number of carbonyl (C=O) groups is 1. The van der Waals surface area contributed by atoms with Gasteiger partial charge in [0, 0.05) is 23.9 Å². The van der Waals surface area contributed by atoms with Crippen LogP contribution in [-0.2, 0) is 16.0 Å². The average Bonchev–Trinajstić information content (AvgIpc) is 2.86. The maximum Gasteiger partial charge on any atom is 0.269 e. The van der Waals surface area contributed by atoms with Gasteiger partial charge in [-0.1, -0.05) is 55.5 Å². The van der Waals surface area contributed by atoms with Gasteiger partial charge in [0.25, 0.3) is 11.8 Å². The highest BCUT2D eigenvalue weighted by molar-refractivity contribution is 5.82. The maximum atomic E-state index is 15.2. The molecule has 0 radical (unpaired) electrons. The number of likely N-dealkylation sites (tertiary alicyclic amines) is 1. The minimum Gasteiger partial charge on any atom is -0.368 e. The van der Waals surface area contributed by atoms with Crippen LogP contribution in [0.1, 0.15) is 18.9 Å². The highest BCUT2D eigenvalue weighted by atomic mass is 19.3. The summed E-state index contributed by atoms with van der Waals surface area (Å²) in [4.78, 5) is 13.8. The molecule has 148 valence electrons. The van der Waals surface area contributed by atoms with Crippen molar-refractivity contribution in [2.45, 2.75) is 37.8 Å². The molecule has 0 spiro atoms. The summed E-state index contributed by atoms with van der Waals surface area (Å²) in [5, 5.41) is 0. The van der Waals surface area contributed by atoms with Crippen LogP contribution in [0.5, 0.6) is 0 Å². The summed E-state index contributed by atoms with van der Waals surface area (Å²) in [5.41, 5.74) is 1.49. The van der Waals surface area contributed by atoms with Crippen LogP contribution < -0.4 is 0 Å². The molecule has 2 aromatic rings. The molecule has 2 fully saturated rings. The van der Waals surface area contributed by atoms with Gasteiger partial charge in [0.1, 0.15) is 11.9 Å². The third kappa shape index (κ3) is 3.30. The number of alkyl halides is 2. The van der Waals surface area contributed by atoms with Crippen molar-refractivity contribution < 1.29 is 22.7 Å². The van der Waals surface area contributed by atoms with Crippen molar-refractivity contribution in [3.05, 3.63) is 59.9 Å². The lowest BCUT2D eigenvalue weighted by Crippen LogP contribution is -2.49. The predicted molar refractivity (Wildman–Crippen MR) is 99.5 cm³/mol. The van der Waals surface area contributed by atoms with E-state index in [4.69, 9.17) is 4.74 Å². The number of benzene rings is 2. The zero-order chi connectivity index (χ0) is 19.9. The third-order valence-corrected chi connectivity index (χ3v) is 5.87. The van der Waals surface area contributed by atoms with Crippen LogP contribution in [0.4, 0.5) is 13.2 Å². The van der Waals surface area contributed by atoms with E-state index in [1.807, 2.05) is 18.2 Å². The number of halogens is 3. The summed E-state index contributed by atoms with van der Waals surface area (Å²) < 4.78 is 49.2. The second-order valence-electron chi connectivity index (χ2n) is 7.58. The van der Waals surface area contributed by atoms with E-state index >= 15 is 4.39 Å². The Balaban J connectivity index is 1.64. The molecule has 2 aromatic carbocycles. The summed E-state index contributed by atoms with van der Waals surface area (Å²) in [6.45, 7) is 1.25. The van der Waals surface area contributed by atoms with Gasteiger partial charge in [-0.15, -0.1) is 0 Å². The Labute approximate surface area is 162 Å². The van der Waals surface area contributed by atoms with Gasteiger partial charge in [-0.3, -0.25) is 4.79 Å². The molecule has 1 amide bonds. The second-order valence-corrected chi connectivity index (χ2v) is 7.58. The standard InChI is InChI=1S/C22H22F3NO2/c1-14-18(26(13-22(14,24)25)21(27)19-10-11-28-19)12-16-8-5-9-17(20(16)23)15-6-3-2-4-7-15/h2-9,14,18-19H,10-13H2,1H3/t14-,18+,19?/m1/s1. The molecule has 4 rings (SSSR count). The van der Waals surface area contributed by atoms with Crippen molar-refractivity contribution in [3.63, 3.8) is 0 Å². The van der Waals surface area contributed by atoms with E-state index in [-0.39, 0.29) is 6.42 Å². The predicted octanol–water partition coefficient (Wildman–Crippen LogP) is 4.31. The first-order valence-corrected chi connectivity index (χ1v) is 9.51. The van der Waals surface area contributed by atoms with Gasteiger partial charge >= 0.3 is 0 Å². The quantitative estimate of drug-likeness (QED) is 0.780. The lowest BCUT2D eigenvalue weighted by Gasteiger charge is -2.33. The largest absolute Gasteiger partial charge is 0.368 e. The van der Waals surface area contributed by atoms with E-state index in [9.17, 15) is 13.6 Å². The van der Waals surface area contributed by atoms with Crippen molar-refractivity contribution in [1.29, 1.82) is 0 Å². The molecule has 2 heterocycles. The number of rotatable bonds is 4.